The Morgan fingerprint density at radius 3 is 2.63 bits per heavy atom. The summed E-state index contributed by atoms with van der Waals surface area (Å²) in [6.07, 6.45) is 1.05. The van der Waals surface area contributed by atoms with Crippen molar-refractivity contribution in [2.45, 2.75) is 40.2 Å². The number of nitrogens with one attached hydrogen (secondary N) is 1. The van der Waals surface area contributed by atoms with Crippen LogP contribution in [-0.2, 0) is 9.53 Å². The molecule has 0 spiro atoms. The van der Waals surface area contributed by atoms with Crippen LogP contribution in [0.3, 0.4) is 0 Å². The third kappa shape index (κ3) is 5.75. The molecule has 4 nitrogen and oxygen atoms in total. The van der Waals surface area contributed by atoms with E-state index in [0.29, 0.717) is 11.6 Å². The van der Waals surface area contributed by atoms with Crippen LogP contribution in [0.4, 0.5) is 11.4 Å². The van der Waals surface area contributed by atoms with Gasteiger partial charge in [0.25, 0.3) is 0 Å². The largest absolute Gasteiger partial charge is 0.399 e. The third-order valence-corrected chi connectivity index (χ3v) is 2.83. The van der Waals surface area contributed by atoms with Crippen LogP contribution in [0.5, 0.6) is 0 Å². The molecule has 0 bridgehead atoms. The Hall–Kier alpha value is -1.55. The molecule has 1 aromatic rings. The summed E-state index contributed by atoms with van der Waals surface area (Å²) in [6.45, 7) is 8.25. The summed E-state index contributed by atoms with van der Waals surface area (Å²) in [6, 6.07) is 5.41. The van der Waals surface area contributed by atoms with E-state index in [2.05, 4.69) is 19.2 Å². The van der Waals surface area contributed by atoms with Crippen LogP contribution in [0.15, 0.2) is 18.2 Å². The van der Waals surface area contributed by atoms with E-state index in [1.54, 1.807) is 12.1 Å². The zero-order valence-electron chi connectivity index (χ0n) is 12.2. The number of amides is 1. The lowest BCUT2D eigenvalue weighted by atomic mass is 10.1. The standard InChI is InChI=1S/C15H24N2O2/c1-10(2)7-12(4)19-9-15(18)17-14-6-5-13(16)8-11(14)3/h5-6,8,10,12H,7,9,16H2,1-4H3,(H,17,18). The smallest absolute Gasteiger partial charge is 0.250 e. The van der Waals surface area contributed by atoms with Crippen molar-refractivity contribution in [3.63, 3.8) is 0 Å². The predicted octanol–water partition coefficient (Wildman–Crippen LogP) is 2.97. The van der Waals surface area contributed by atoms with E-state index >= 15 is 0 Å². The minimum absolute atomic E-state index is 0.0811. The van der Waals surface area contributed by atoms with Gasteiger partial charge in [0.2, 0.25) is 5.91 Å². The highest BCUT2D eigenvalue weighted by Crippen LogP contribution is 2.17. The molecule has 0 aliphatic rings. The second-order valence-corrected chi connectivity index (χ2v) is 5.37. The summed E-state index contributed by atoms with van der Waals surface area (Å²) in [5.74, 6) is 0.431. The minimum atomic E-state index is -0.136. The van der Waals surface area contributed by atoms with E-state index in [1.165, 1.54) is 0 Å². The Labute approximate surface area is 115 Å². The van der Waals surface area contributed by atoms with Gasteiger partial charge in [0.05, 0.1) is 6.10 Å². The van der Waals surface area contributed by atoms with Crippen molar-refractivity contribution in [1.82, 2.24) is 0 Å². The third-order valence-electron chi connectivity index (χ3n) is 2.83. The second-order valence-electron chi connectivity index (χ2n) is 5.37. The number of anilines is 2. The van der Waals surface area contributed by atoms with Gasteiger partial charge >= 0.3 is 0 Å². The lowest BCUT2D eigenvalue weighted by molar-refractivity contribution is -0.122. The Kier molecular flexibility index (Phi) is 5.83. The SMILES string of the molecule is Cc1cc(N)ccc1NC(=O)COC(C)CC(C)C. The highest BCUT2D eigenvalue weighted by atomic mass is 16.5. The minimum Gasteiger partial charge on any atom is -0.399 e. The molecule has 1 rings (SSSR count). The molecule has 0 fully saturated rings. The molecule has 19 heavy (non-hydrogen) atoms. The van der Waals surface area contributed by atoms with Gasteiger partial charge in [-0.3, -0.25) is 4.79 Å². The zero-order chi connectivity index (χ0) is 14.4. The average molecular weight is 264 g/mol. The molecule has 1 aromatic carbocycles. The van der Waals surface area contributed by atoms with E-state index < -0.39 is 0 Å². The molecule has 0 heterocycles. The zero-order valence-corrected chi connectivity index (χ0v) is 12.2. The highest BCUT2D eigenvalue weighted by Gasteiger charge is 2.09. The molecule has 1 atom stereocenters. The molecule has 106 valence electrons. The van der Waals surface area contributed by atoms with Crippen molar-refractivity contribution in [3.8, 4) is 0 Å². The van der Waals surface area contributed by atoms with Crippen LogP contribution >= 0.6 is 0 Å². The summed E-state index contributed by atoms with van der Waals surface area (Å²) in [7, 11) is 0. The first-order valence-corrected chi connectivity index (χ1v) is 6.66. The molecule has 0 aromatic heterocycles. The van der Waals surface area contributed by atoms with Crippen molar-refractivity contribution in [2.24, 2.45) is 5.92 Å². The average Bonchev–Trinajstić information content (AvgIpc) is 2.29. The van der Waals surface area contributed by atoms with Gasteiger partial charge < -0.3 is 15.8 Å². The van der Waals surface area contributed by atoms with Gasteiger partial charge in [-0.15, -0.1) is 0 Å². The molecular formula is C15H24N2O2. The maximum absolute atomic E-state index is 11.8. The maximum atomic E-state index is 11.8. The molecule has 0 saturated carbocycles. The van der Waals surface area contributed by atoms with Gasteiger partial charge in [0.1, 0.15) is 6.61 Å². The van der Waals surface area contributed by atoms with Crippen LogP contribution in [0.1, 0.15) is 32.8 Å². The van der Waals surface area contributed by atoms with E-state index in [0.717, 1.165) is 17.7 Å². The van der Waals surface area contributed by atoms with Gasteiger partial charge in [0.15, 0.2) is 0 Å². The fraction of sp³-hybridized carbons (Fsp3) is 0.533. The van der Waals surface area contributed by atoms with Gasteiger partial charge in [-0.25, -0.2) is 0 Å². The van der Waals surface area contributed by atoms with E-state index in [4.69, 9.17) is 10.5 Å². The molecule has 0 aliphatic heterocycles. The molecule has 0 aliphatic carbocycles. The van der Waals surface area contributed by atoms with Crippen LogP contribution < -0.4 is 11.1 Å². The molecule has 3 N–H and O–H groups in total. The van der Waals surface area contributed by atoms with Crippen LogP contribution in [0, 0.1) is 12.8 Å². The van der Waals surface area contributed by atoms with Crippen molar-refractivity contribution in [1.29, 1.82) is 0 Å². The lowest BCUT2D eigenvalue weighted by Gasteiger charge is -2.15. The summed E-state index contributed by atoms with van der Waals surface area (Å²) < 4.78 is 5.51. The van der Waals surface area contributed by atoms with E-state index in [9.17, 15) is 4.79 Å². The lowest BCUT2D eigenvalue weighted by Crippen LogP contribution is -2.23. The molecule has 0 radical (unpaired) electrons. The van der Waals surface area contributed by atoms with Crippen molar-refractivity contribution >= 4 is 17.3 Å². The van der Waals surface area contributed by atoms with E-state index in [-0.39, 0.29) is 18.6 Å². The Morgan fingerprint density at radius 2 is 2.05 bits per heavy atom. The van der Waals surface area contributed by atoms with Gasteiger partial charge in [-0.1, -0.05) is 13.8 Å². The topological polar surface area (TPSA) is 64.3 Å². The van der Waals surface area contributed by atoms with Crippen LogP contribution in [-0.4, -0.2) is 18.6 Å². The number of aryl methyl sites for hydroxylation is 1. The normalized spacial score (nSPS) is 12.5. The van der Waals surface area contributed by atoms with Gasteiger partial charge in [0, 0.05) is 11.4 Å². The Balaban J connectivity index is 2.43. The monoisotopic (exact) mass is 264 g/mol. The summed E-state index contributed by atoms with van der Waals surface area (Å²) in [4.78, 5) is 11.8. The predicted molar refractivity (Wildman–Crippen MR) is 79.1 cm³/mol. The highest BCUT2D eigenvalue weighted by molar-refractivity contribution is 5.92. The quantitative estimate of drug-likeness (QED) is 0.776. The summed E-state index contributed by atoms with van der Waals surface area (Å²) in [5, 5.41) is 2.83. The van der Waals surface area contributed by atoms with Crippen LogP contribution in [0.25, 0.3) is 0 Å². The number of benzene rings is 1. The number of hydrogen-bond acceptors (Lipinski definition) is 3. The maximum Gasteiger partial charge on any atom is 0.250 e. The fourth-order valence-corrected chi connectivity index (χ4v) is 1.96. The molecule has 4 heteroatoms. The number of nitrogens with two attached hydrogens (primary N) is 1. The Morgan fingerprint density at radius 1 is 1.37 bits per heavy atom. The second kappa shape index (κ2) is 7.14. The number of carbonyl (C=O) groups excluding carboxylic acids is 1. The molecule has 0 saturated heterocycles. The first kappa shape index (κ1) is 15.5. The molecule has 1 unspecified atom stereocenters. The van der Waals surface area contributed by atoms with Crippen LogP contribution in [0.2, 0.25) is 0 Å². The van der Waals surface area contributed by atoms with Gasteiger partial charge in [-0.2, -0.15) is 0 Å². The summed E-state index contributed by atoms with van der Waals surface area (Å²) >= 11 is 0. The summed E-state index contributed by atoms with van der Waals surface area (Å²) in [5.41, 5.74) is 8.08. The molecular weight excluding hydrogens is 240 g/mol. The Bertz CT molecular complexity index is 430. The fourth-order valence-electron chi connectivity index (χ4n) is 1.96. The number of rotatable bonds is 6. The number of hydrogen-bond donors (Lipinski definition) is 2. The van der Waals surface area contributed by atoms with Gasteiger partial charge in [-0.05, 0) is 49.9 Å². The number of ether oxygens (including phenoxy) is 1. The van der Waals surface area contributed by atoms with Crippen molar-refractivity contribution in [3.05, 3.63) is 23.8 Å². The number of carbonyl (C=O) groups is 1. The molecule has 1 amide bonds. The first-order valence-electron chi connectivity index (χ1n) is 6.66. The van der Waals surface area contributed by atoms with Crippen molar-refractivity contribution in [2.75, 3.05) is 17.7 Å². The van der Waals surface area contributed by atoms with Crippen molar-refractivity contribution < 1.29 is 9.53 Å². The van der Waals surface area contributed by atoms with E-state index in [1.807, 2.05) is 19.9 Å². The first-order chi connectivity index (χ1) is 8.88. The number of nitrogen functional groups attached to an aromatic ring is 1.